The first-order valence-corrected chi connectivity index (χ1v) is 6.68. The Kier molecular flexibility index (Phi) is 6.80. The van der Waals surface area contributed by atoms with Gasteiger partial charge < -0.3 is 15.3 Å². The highest BCUT2D eigenvalue weighted by Crippen LogP contribution is 2.29. The van der Waals surface area contributed by atoms with E-state index in [2.05, 4.69) is 31.9 Å². The van der Waals surface area contributed by atoms with Crippen LogP contribution in [0.25, 0.3) is 0 Å². The summed E-state index contributed by atoms with van der Waals surface area (Å²) in [7, 11) is 0. The number of rotatable bonds is 7. The van der Waals surface area contributed by atoms with Crippen molar-refractivity contribution in [3.05, 3.63) is 0 Å². The van der Waals surface area contributed by atoms with Crippen molar-refractivity contribution < 1.29 is 29.7 Å². The van der Waals surface area contributed by atoms with E-state index in [1.807, 2.05) is 0 Å². The molecule has 0 aromatic carbocycles. The summed E-state index contributed by atoms with van der Waals surface area (Å²) in [5.41, 5.74) is -2.44. The molecule has 0 aromatic heterocycles. The maximum Gasteiger partial charge on any atom is 0.199 e. The molecule has 1 unspecified atom stereocenters. The van der Waals surface area contributed by atoms with Crippen LogP contribution in [0, 0.1) is 0 Å². The normalized spacial score (nSPS) is 19.5. The minimum atomic E-state index is -2.44. The SMILES string of the molecule is CC(=O)C(O)[C@@H](O)[C@](O)(C(C)=O)[C@@H](Br)CC(=O)Br. The first-order chi connectivity index (χ1) is 8.05. The summed E-state index contributed by atoms with van der Waals surface area (Å²) in [5.74, 6) is -1.67. The van der Waals surface area contributed by atoms with Gasteiger partial charge in [0.2, 0.25) is 0 Å². The van der Waals surface area contributed by atoms with Crippen LogP contribution >= 0.6 is 31.9 Å². The fourth-order valence-electron chi connectivity index (χ4n) is 1.37. The van der Waals surface area contributed by atoms with Crippen LogP contribution < -0.4 is 0 Å². The lowest BCUT2D eigenvalue weighted by Gasteiger charge is -2.35. The van der Waals surface area contributed by atoms with Gasteiger partial charge in [-0.05, 0) is 29.8 Å². The van der Waals surface area contributed by atoms with Gasteiger partial charge in [-0.2, -0.15) is 0 Å². The highest BCUT2D eigenvalue weighted by Gasteiger charge is 2.50. The minimum absolute atomic E-state index is 0.308. The highest BCUT2D eigenvalue weighted by atomic mass is 79.9. The van der Waals surface area contributed by atoms with Gasteiger partial charge in [-0.3, -0.25) is 14.4 Å². The molecule has 0 heterocycles. The zero-order valence-electron chi connectivity index (χ0n) is 9.76. The van der Waals surface area contributed by atoms with Crippen molar-refractivity contribution in [1.29, 1.82) is 0 Å². The third-order valence-corrected chi connectivity index (χ3v) is 3.89. The Labute approximate surface area is 121 Å². The fraction of sp³-hybridized carbons (Fsp3) is 0.700. The smallest absolute Gasteiger partial charge is 0.199 e. The van der Waals surface area contributed by atoms with Gasteiger partial charge in [0, 0.05) is 6.42 Å². The molecule has 8 heteroatoms. The molecule has 4 atom stereocenters. The monoisotopic (exact) mass is 388 g/mol. The van der Waals surface area contributed by atoms with Crippen LogP contribution in [0.2, 0.25) is 0 Å². The molecule has 18 heavy (non-hydrogen) atoms. The molecule has 0 fully saturated rings. The Bertz CT molecular complexity index is 358. The predicted octanol–water partition coefficient (Wildman–Crippen LogP) is -0.308. The van der Waals surface area contributed by atoms with Gasteiger partial charge in [0.05, 0.1) is 4.83 Å². The summed E-state index contributed by atoms with van der Waals surface area (Å²) in [5, 5.41) is 29.4. The van der Waals surface area contributed by atoms with Gasteiger partial charge in [-0.25, -0.2) is 0 Å². The second kappa shape index (κ2) is 6.85. The van der Waals surface area contributed by atoms with Crippen molar-refractivity contribution >= 4 is 48.1 Å². The minimum Gasteiger partial charge on any atom is -0.386 e. The van der Waals surface area contributed by atoms with E-state index in [4.69, 9.17) is 0 Å². The van der Waals surface area contributed by atoms with Crippen LogP contribution in [-0.4, -0.2) is 54.2 Å². The molecule has 0 aliphatic rings. The molecule has 0 spiro atoms. The number of carbonyl (C=O) groups is 3. The number of aliphatic hydroxyl groups excluding tert-OH is 2. The number of halogens is 2. The molecular weight excluding hydrogens is 376 g/mol. The van der Waals surface area contributed by atoms with E-state index in [1.165, 1.54) is 0 Å². The number of hydrogen-bond donors (Lipinski definition) is 3. The molecule has 0 aliphatic heterocycles. The molecule has 6 nitrogen and oxygen atoms in total. The molecule has 0 saturated carbocycles. The molecule has 0 radical (unpaired) electrons. The van der Waals surface area contributed by atoms with Crippen molar-refractivity contribution in [3.63, 3.8) is 0 Å². The number of ketones is 2. The molecule has 3 N–H and O–H groups in total. The molecule has 0 amide bonds. The second-order valence-corrected chi connectivity index (χ2v) is 5.90. The molecule has 104 valence electrons. The van der Waals surface area contributed by atoms with E-state index in [1.54, 1.807) is 0 Å². The van der Waals surface area contributed by atoms with E-state index < -0.39 is 38.9 Å². The second-order valence-electron chi connectivity index (χ2n) is 3.91. The Hall–Kier alpha value is -0.150. The molecule has 0 bridgehead atoms. The lowest BCUT2D eigenvalue weighted by Crippen LogP contribution is -2.60. The van der Waals surface area contributed by atoms with E-state index in [-0.39, 0.29) is 6.42 Å². The van der Waals surface area contributed by atoms with Crippen LogP contribution in [0.5, 0.6) is 0 Å². The Balaban J connectivity index is 5.32. The Morgan fingerprint density at radius 2 is 1.67 bits per heavy atom. The van der Waals surface area contributed by atoms with E-state index in [0.29, 0.717) is 0 Å². The predicted molar refractivity (Wildman–Crippen MR) is 69.6 cm³/mol. The van der Waals surface area contributed by atoms with Crippen LogP contribution in [-0.2, 0) is 14.4 Å². The summed E-state index contributed by atoms with van der Waals surface area (Å²) in [6.45, 7) is 2.00. The van der Waals surface area contributed by atoms with Gasteiger partial charge in [0.25, 0.3) is 0 Å². The largest absolute Gasteiger partial charge is 0.386 e. The quantitative estimate of drug-likeness (QED) is 0.407. The number of carbonyl (C=O) groups excluding carboxylic acids is 3. The van der Waals surface area contributed by atoms with Gasteiger partial charge in [-0.1, -0.05) is 15.9 Å². The first kappa shape index (κ1) is 17.8. The lowest BCUT2D eigenvalue weighted by atomic mass is 9.84. The van der Waals surface area contributed by atoms with Gasteiger partial charge in [0.1, 0.15) is 12.2 Å². The third-order valence-electron chi connectivity index (χ3n) is 2.55. The zero-order chi connectivity index (χ0) is 14.7. The summed E-state index contributed by atoms with van der Waals surface area (Å²) >= 11 is 5.54. The van der Waals surface area contributed by atoms with Crippen molar-refractivity contribution in [1.82, 2.24) is 0 Å². The van der Waals surface area contributed by atoms with E-state index in [0.717, 1.165) is 13.8 Å². The Morgan fingerprint density at radius 1 is 1.22 bits per heavy atom. The number of alkyl halides is 1. The number of Topliss-reactive ketones (excluding diaryl/α,β-unsaturated/α-hetero) is 2. The standard InChI is InChI=1S/C10H14Br2O6/c1-4(13)8(16)9(17)10(18,5(2)14)6(11)3-7(12)15/h6,8-9,16-18H,3H2,1-2H3/t6-,8?,9+,10-/m0/s1. The van der Waals surface area contributed by atoms with Crippen LogP contribution in [0.4, 0.5) is 0 Å². The maximum atomic E-state index is 11.5. The highest BCUT2D eigenvalue weighted by molar-refractivity contribution is 9.18. The first-order valence-electron chi connectivity index (χ1n) is 4.97. The van der Waals surface area contributed by atoms with E-state index in [9.17, 15) is 29.7 Å². The topological polar surface area (TPSA) is 112 Å². The Morgan fingerprint density at radius 3 is 1.94 bits per heavy atom. The molecule has 0 rings (SSSR count). The fourth-order valence-corrected chi connectivity index (χ4v) is 3.02. The van der Waals surface area contributed by atoms with Crippen molar-refractivity contribution in [2.45, 2.75) is 42.9 Å². The number of aliphatic hydroxyl groups is 3. The van der Waals surface area contributed by atoms with Crippen molar-refractivity contribution in [3.8, 4) is 0 Å². The lowest BCUT2D eigenvalue weighted by molar-refractivity contribution is -0.164. The van der Waals surface area contributed by atoms with Crippen LogP contribution in [0.1, 0.15) is 20.3 Å². The maximum absolute atomic E-state index is 11.5. The average Bonchev–Trinajstić information content (AvgIpc) is 2.24. The van der Waals surface area contributed by atoms with Crippen molar-refractivity contribution in [2.24, 2.45) is 0 Å². The summed E-state index contributed by atoms with van der Waals surface area (Å²) in [4.78, 5) is 32.2. The molecule has 0 aliphatic carbocycles. The summed E-state index contributed by atoms with van der Waals surface area (Å²) < 4.78 is -0.506. The molecule has 0 aromatic rings. The number of hydrogen-bond acceptors (Lipinski definition) is 6. The third kappa shape index (κ3) is 3.92. The summed E-state index contributed by atoms with van der Waals surface area (Å²) in [6, 6.07) is 0. The van der Waals surface area contributed by atoms with Crippen LogP contribution in [0.15, 0.2) is 0 Å². The average molecular weight is 390 g/mol. The molecule has 0 saturated heterocycles. The zero-order valence-corrected chi connectivity index (χ0v) is 12.9. The molecular formula is C10H14Br2O6. The van der Waals surface area contributed by atoms with Gasteiger partial charge >= 0.3 is 0 Å². The van der Waals surface area contributed by atoms with Crippen molar-refractivity contribution in [2.75, 3.05) is 0 Å². The van der Waals surface area contributed by atoms with Gasteiger partial charge in [0.15, 0.2) is 21.9 Å². The van der Waals surface area contributed by atoms with Crippen LogP contribution in [0.3, 0.4) is 0 Å². The van der Waals surface area contributed by atoms with E-state index >= 15 is 0 Å². The summed E-state index contributed by atoms with van der Waals surface area (Å²) in [6.07, 6.45) is -4.24. The van der Waals surface area contributed by atoms with Gasteiger partial charge in [-0.15, -0.1) is 0 Å².